The molecule has 1 aromatic carbocycles. The molecule has 1 aromatic rings. The van der Waals surface area contributed by atoms with Gasteiger partial charge in [-0.1, -0.05) is 67.6 Å². The first-order valence-electron chi connectivity index (χ1n) is 8.15. The number of benzene rings is 1. The summed E-state index contributed by atoms with van der Waals surface area (Å²) in [4.78, 5) is 0. The van der Waals surface area contributed by atoms with E-state index in [-0.39, 0.29) is 0 Å². The van der Waals surface area contributed by atoms with Crippen molar-refractivity contribution in [2.75, 3.05) is 6.54 Å². The predicted octanol–water partition coefficient (Wildman–Crippen LogP) is 5.50. The van der Waals surface area contributed by atoms with E-state index in [4.69, 9.17) is 0 Å². The quantitative estimate of drug-likeness (QED) is 0.699. The predicted molar refractivity (Wildman–Crippen MR) is 91.2 cm³/mol. The van der Waals surface area contributed by atoms with Crippen molar-refractivity contribution in [3.63, 3.8) is 0 Å². The minimum atomic E-state index is 0.565. The molecule has 1 atom stereocenters. The highest BCUT2D eigenvalue weighted by atomic mass is 79.9. The summed E-state index contributed by atoms with van der Waals surface area (Å²) >= 11 is 3.63. The zero-order valence-corrected chi connectivity index (χ0v) is 14.5. The van der Waals surface area contributed by atoms with E-state index in [9.17, 15) is 0 Å². The van der Waals surface area contributed by atoms with Crippen LogP contribution < -0.4 is 5.32 Å². The van der Waals surface area contributed by atoms with E-state index in [2.05, 4.69) is 59.4 Å². The third-order valence-electron chi connectivity index (χ3n) is 4.49. The molecule has 0 bridgehead atoms. The Morgan fingerprint density at radius 1 is 1.15 bits per heavy atom. The maximum absolute atomic E-state index is 3.67. The van der Waals surface area contributed by atoms with Crippen LogP contribution >= 0.6 is 15.9 Å². The molecule has 2 heteroatoms. The van der Waals surface area contributed by atoms with Gasteiger partial charge in [-0.2, -0.15) is 0 Å². The largest absolute Gasteiger partial charge is 0.314 e. The molecule has 1 saturated carbocycles. The van der Waals surface area contributed by atoms with Crippen molar-refractivity contribution in [2.24, 2.45) is 5.92 Å². The lowest BCUT2D eigenvalue weighted by Crippen LogP contribution is -2.31. The Kier molecular flexibility index (Phi) is 6.57. The molecule has 0 spiro atoms. The molecule has 0 radical (unpaired) electrons. The van der Waals surface area contributed by atoms with Gasteiger partial charge < -0.3 is 5.32 Å². The van der Waals surface area contributed by atoms with Gasteiger partial charge in [0.25, 0.3) is 0 Å². The Labute approximate surface area is 132 Å². The minimum Gasteiger partial charge on any atom is -0.314 e. The van der Waals surface area contributed by atoms with Crippen molar-refractivity contribution in [3.8, 4) is 0 Å². The van der Waals surface area contributed by atoms with Crippen molar-refractivity contribution >= 4 is 15.9 Å². The lowest BCUT2D eigenvalue weighted by molar-refractivity contribution is 0.353. The molecular formula is C18H28BrN. The zero-order chi connectivity index (χ0) is 14.4. The molecule has 1 nitrogen and oxygen atoms in total. The number of rotatable bonds is 5. The molecule has 1 unspecified atom stereocenters. The van der Waals surface area contributed by atoms with Gasteiger partial charge in [0.15, 0.2) is 0 Å². The fourth-order valence-electron chi connectivity index (χ4n) is 3.37. The van der Waals surface area contributed by atoms with Crippen molar-refractivity contribution in [3.05, 3.63) is 34.3 Å². The lowest BCUT2D eigenvalue weighted by Gasteiger charge is -2.28. The highest BCUT2D eigenvalue weighted by molar-refractivity contribution is 9.10. The van der Waals surface area contributed by atoms with E-state index in [1.165, 1.54) is 48.6 Å². The Balaban J connectivity index is 2.14. The highest BCUT2D eigenvalue weighted by Gasteiger charge is 2.24. The lowest BCUT2D eigenvalue weighted by atomic mass is 9.81. The van der Waals surface area contributed by atoms with Crippen LogP contribution in [0.4, 0.5) is 0 Å². The van der Waals surface area contributed by atoms with Crippen molar-refractivity contribution in [1.82, 2.24) is 5.32 Å². The summed E-state index contributed by atoms with van der Waals surface area (Å²) in [6.07, 6.45) is 8.49. The van der Waals surface area contributed by atoms with E-state index in [1.807, 2.05) is 0 Å². The van der Waals surface area contributed by atoms with Crippen LogP contribution in [0.3, 0.4) is 0 Å². The number of nitrogens with one attached hydrogen (secondary N) is 1. The normalized spacial score (nSPS) is 19.0. The molecule has 1 fully saturated rings. The second-order valence-corrected chi connectivity index (χ2v) is 7.39. The molecule has 112 valence electrons. The van der Waals surface area contributed by atoms with Crippen LogP contribution in [-0.2, 0) is 0 Å². The van der Waals surface area contributed by atoms with Gasteiger partial charge in [-0.15, -0.1) is 0 Å². The smallest absolute Gasteiger partial charge is 0.0178 e. The van der Waals surface area contributed by atoms with Crippen LogP contribution in [0.1, 0.15) is 63.9 Å². The Bertz CT molecular complexity index is 394. The second kappa shape index (κ2) is 8.19. The van der Waals surface area contributed by atoms with Gasteiger partial charge in [-0.25, -0.2) is 0 Å². The molecule has 0 aromatic heterocycles. The Morgan fingerprint density at radius 3 is 2.45 bits per heavy atom. The van der Waals surface area contributed by atoms with Crippen LogP contribution in [0, 0.1) is 5.92 Å². The molecule has 0 amide bonds. The van der Waals surface area contributed by atoms with Crippen LogP contribution in [0.25, 0.3) is 0 Å². The number of hydrogen-bond acceptors (Lipinski definition) is 1. The minimum absolute atomic E-state index is 0.565. The van der Waals surface area contributed by atoms with Crippen molar-refractivity contribution < 1.29 is 0 Å². The average molecular weight is 338 g/mol. The number of hydrogen-bond donors (Lipinski definition) is 1. The van der Waals surface area contributed by atoms with Crippen LogP contribution in [0.15, 0.2) is 28.7 Å². The van der Waals surface area contributed by atoms with Gasteiger partial charge in [0.2, 0.25) is 0 Å². The molecular weight excluding hydrogens is 310 g/mol. The average Bonchev–Trinajstić information content (AvgIpc) is 2.68. The van der Waals surface area contributed by atoms with Gasteiger partial charge in [0, 0.05) is 17.1 Å². The summed E-state index contributed by atoms with van der Waals surface area (Å²) in [5.41, 5.74) is 1.50. The maximum Gasteiger partial charge on any atom is 0.0178 e. The van der Waals surface area contributed by atoms with Gasteiger partial charge in [0.1, 0.15) is 0 Å². The fourth-order valence-corrected chi connectivity index (χ4v) is 3.79. The monoisotopic (exact) mass is 337 g/mol. The third kappa shape index (κ3) is 4.89. The van der Waals surface area contributed by atoms with Gasteiger partial charge in [-0.3, -0.25) is 0 Å². The first-order valence-corrected chi connectivity index (χ1v) is 8.95. The standard InChI is InChI=1S/C18H28BrN/c1-14(2)20-13-18(15-8-5-3-4-6-9-15)16-10-7-11-17(19)12-16/h7,10-12,14-15,18,20H,3-6,8-9,13H2,1-2H3. The molecule has 1 N–H and O–H groups in total. The van der Waals surface area contributed by atoms with Crippen molar-refractivity contribution in [1.29, 1.82) is 0 Å². The summed E-state index contributed by atoms with van der Waals surface area (Å²) in [5, 5.41) is 3.67. The van der Waals surface area contributed by atoms with Crippen LogP contribution in [-0.4, -0.2) is 12.6 Å². The van der Waals surface area contributed by atoms with Gasteiger partial charge >= 0.3 is 0 Å². The summed E-state index contributed by atoms with van der Waals surface area (Å²) in [6, 6.07) is 9.50. The van der Waals surface area contributed by atoms with Gasteiger partial charge in [-0.05, 0) is 42.4 Å². The zero-order valence-electron chi connectivity index (χ0n) is 12.9. The molecule has 20 heavy (non-hydrogen) atoms. The summed E-state index contributed by atoms with van der Waals surface area (Å²) in [7, 11) is 0. The summed E-state index contributed by atoms with van der Waals surface area (Å²) in [5.74, 6) is 1.51. The Hall–Kier alpha value is -0.340. The topological polar surface area (TPSA) is 12.0 Å². The first-order chi connectivity index (χ1) is 9.66. The van der Waals surface area contributed by atoms with E-state index >= 15 is 0 Å². The summed E-state index contributed by atoms with van der Waals surface area (Å²) in [6.45, 7) is 5.59. The molecule has 0 aliphatic heterocycles. The molecule has 0 saturated heterocycles. The Morgan fingerprint density at radius 2 is 1.85 bits per heavy atom. The second-order valence-electron chi connectivity index (χ2n) is 6.48. The molecule has 1 aliphatic carbocycles. The fraction of sp³-hybridized carbons (Fsp3) is 0.667. The number of halogens is 1. The van der Waals surface area contributed by atoms with Crippen LogP contribution in [0.5, 0.6) is 0 Å². The van der Waals surface area contributed by atoms with Gasteiger partial charge in [0.05, 0.1) is 0 Å². The summed E-state index contributed by atoms with van der Waals surface area (Å²) < 4.78 is 1.21. The molecule has 0 heterocycles. The van der Waals surface area contributed by atoms with E-state index in [0.717, 1.165) is 12.5 Å². The SMILES string of the molecule is CC(C)NCC(c1cccc(Br)c1)C1CCCCCC1. The van der Waals surface area contributed by atoms with E-state index < -0.39 is 0 Å². The first kappa shape index (κ1) is 16.0. The van der Waals surface area contributed by atoms with Crippen LogP contribution in [0.2, 0.25) is 0 Å². The third-order valence-corrected chi connectivity index (χ3v) is 4.98. The maximum atomic E-state index is 3.67. The van der Waals surface area contributed by atoms with E-state index in [0.29, 0.717) is 12.0 Å². The molecule has 2 rings (SSSR count). The molecule has 1 aliphatic rings. The van der Waals surface area contributed by atoms with Crippen molar-refractivity contribution in [2.45, 2.75) is 64.3 Å². The highest BCUT2D eigenvalue weighted by Crippen LogP contribution is 2.35. The van der Waals surface area contributed by atoms with E-state index in [1.54, 1.807) is 0 Å².